The molecule has 0 aliphatic heterocycles. The second kappa shape index (κ2) is 8.30. The van der Waals surface area contributed by atoms with Crippen molar-refractivity contribution < 1.29 is 0 Å². The van der Waals surface area contributed by atoms with Gasteiger partial charge in [0.1, 0.15) is 0 Å². The zero-order valence-electron chi connectivity index (χ0n) is 18.7. The Hall–Kier alpha value is -2.34. The van der Waals surface area contributed by atoms with Crippen LogP contribution in [-0.2, 0) is 6.42 Å². The van der Waals surface area contributed by atoms with E-state index in [1.54, 1.807) is 22.3 Å². The van der Waals surface area contributed by atoms with Crippen LogP contribution in [0.1, 0.15) is 98.3 Å². The van der Waals surface area contributed by atoms with Gasteiger partial charge < -0.3 is 0 Å². The highest BCUT2D eigenvalue weighted by atomic mass is 14.4. The summed E-state index contributed by atoms with van der Waals surface area (Å²) in [7, 11) is 0. The lowest BCUT2D eigenvalue weighted by atomic mass is 9.71. The lowest BCUT2D eigenvalue weighted by molar-refractivity contribution is 0.419. The van der Waals surface area contributed by atoms with Gasteiger partial charge in [-0.15, -0.1) is 0 Å². The van der Waals surface area contributed by atoms with Crippen molar-refractivity contribution in [2.24, 2.45) is 0 Å². The van der Waals surface area contributed by atoms with Crippen molar-refractivity contribution in [2.75, 3.05) is 0 Å². The molecule has 0 atom stereocenters. The molecule has 0 bridgehead atoms. The van der Waals surface area contributed by atoms with E-state index in [0.717, 1.165) is 18.3 Å². The lowest BCUT2D eigenvalue weighted by Crippen LogP contribution is -2.15. The van der Waals surface area contributed by atoms with Crippen LogP contribution in [0.4, 0.5) is 0 Å². The summed E-state index contributed by atoms with van der Waals surface area (Å²) >= 11 is 0. The molecule has 2 saturated carbocycles. The zero-order chi connectivity index (χ0) is 20.6. The quantitative estimate of drug-likeness (QED) is 0.318. The van der Waals surface area contributed by atoms with Gasteiger partial charge in [0.25, 0.3) is 0 Å². The van der Waals surface area contributed by atoms with Gasteiger partial charge in [-0.2, -0.15) is 0 Å². The van der Waals surface area contributed by atoms with Crippen molar-refractivity contribution in [3.63, 3.8) is 0 Å². The van der Waals surface area contributed by atoms with Gasteiger partial charge in [0.2, 0.25) is 0 Å². The standard InChI is InChI=1S/C31H34/c1-4-12-22(13-5-1)27-21-28-26-19-11-10-18-25(26)20-29(28)31(24-16-8-3-9-17-24)30(27)23-14-6-2-7-15-23/h3,8-11,16-19,21-23H,1-2,4-7,12-15,20H2. The fourth-order valence-electron chi connectivity index (χ4n) is 6.83. The third kappa shape index (κ3) is 3.45. The van der Waals surface area contributed by atoms with Crippen LogP contribution in [0.25, 0.3) is 22.3 Å². The highest BCUT2D eigenvalue weighted by Gasteiger charge is 2.32. The van der Waals surface area contributed by atoms with Crippen LogP contribution in [0.15, 0.2) is 60.7 Å². The molecule has 2 fully saturated rings. The van der Waals surface area contributed by atoms with Crippen molar-refractivity contribution in [1.29, 1.82) is 0 Å². The minimum atomic E-state index is 0.745. The van der Waals surface area contributed by atoms with Crippen LogP contribution in [0.3, 0.4) is 0 Å². The summed E-state index contributed by atoms with van der Waals surface area (Å²) in [4.78, 5) is 0. The molecular formula is C31H34. The van der Waals surface area contributed by atoms with Gasteiger partial charge in [0, 0.05) is 0 Å². The molecule has 0 unspecified atom stereocenters. The number of fused-ring (bicyclic) bond motifs is 3. The van der Waals surface area contributed by atoms with Gasteiger partial charge in [-0.3, -0.25) is 0 Å². The van der Waals surface area contributed by atoms with E-state index in [4.69, 9.17) is 0 Å². The largest absolute Gasteiger partial charge is 0.0622 e. The van der Waals surface area contributed by atoms with E-state index in [1.807, 2.05) is 0 Å². The van der Waals surface area contributed by atoms with Crippen LogP contribution in [0.5, 0.6) is 0 Å². The Kier molecular flexibility index (Phi) is 5.18. The van der Waals surface area contributed by atoms with Gasteiger partial charge in [0.05, 0.1) is 0 Å². The van der Waals surface area contributed by atoms with Crippen molar-refractivity contribution in [3.8, 4) is 22.3 Å². The van der Waals surface area contributed by atoms with Crippen molar-refractivity contribution >= 4 is 0 Å². The monoisotopic (exact) mass is 406 g/mol. The Morgan fingerprint density at radius 1 is 0.581 bits per heavy atom. The minimum Gasteiger partial charge on any atom is -0.0622 e. The zero-order valence-corrected chi connectivity index (χ0v) is 18.7. The van der Waals surface area contributed by atoms with Crippen LogP contribution < -0.4 is 0 Å². The third-order valence-corrected chi connectivity index (χ3v) is 8.30. The maximum absolute atomic E-state index is 2.67. The Bertz CT molecular complexity index is 1060. The number of rotatable bonds is 3. The second-order valence-corrected chi connectivity index (χ2v) is 10.2. The van der Waals surface area contributed by atoms with Crippen LogP contribution >= 0.6 is 0 Å². The van der Waals surface area contributed by atoms with Crippen molar-refractivity contribution in [3.05, 3.63) is 82.9 Å². The first-order chi connectivity index (χ1) is 15.4. The molecule has 0 saturated heterocycles. The molecule has 31 heavy (non-hydrogen) atoms. The summed E-state index contributed by atoms with van der Waals surface area (Å²) in [5, 5.41) is 0. The maximum atomic E-state index is 2.67. The molecule has 0 heterocycles. The maximum Gasteiger partial charge on any atom is -0.000718 e. The van der Waals surface area contributed by atoms with Crippen molar-refractivity contribution in [1.82, 2.24) is 0 Å². The molecule has 3 aliphatic carbocycles. The molecule has 6 rings (SSSR count). The summed E-state index contributed by atoms with van der Waals surface area (Å²) in [6.07, 6.45) is 15.1. The van der Waals surface area contributed by atoms with E-state index < -0.39 is 0 Å². The fraction of sp³-hybridized carbons (Fsp3) is 0.419. The van der Waals surface area contributed by atoms with Gasteiger partial charge in [-0.25, -0.2) is 0 Å². The van der Waals surface area contributed by atoms with E-state index >= 15 is 0 Å². The summed E-state index contributed by atoms with van der Waals surface area (Å²) < 4.78 is 0. The first-order valence-corrected chi connectivity index (χ1v) is 12.7. The van der Waals surface area contributed by atoms with E-state index in [-0.39, 0.29) is 0 Å². The number of benzene rings is 3. The topological polar surface area (TPSA) is 0 Å². The van der Waals surface area contributed by atoms with E-state index in [2.05, 4.69) is 60.7 Å². The first-order valence-electron chi connectivity index (χ1n) is 12.7. The Labute approximate surface area is 187 Å². The molecule has 0 aromatic heterocycles. The first kappa shape index (κ1) is 19.4. The molecule has 3 aromatic rings. The average molecular weight is 407 g/mol. The molecule has 0 amide bonds. The molecule has 0 nitrogen and oxygen atoms in total. The molecule has 3 aromatic carbocycles. The molecule has 0 N–H and O–H groups in total. The van der Waals surface area contributed by atoms with Crippen LogP contribution in [0, 0.1) is 0 Å². The fourth-order valence-corrected chi connectivity index (χ4v) is 6.83. The predicted molar refractivity (Wildman–Crippen MR) is 132 cm³/mol. The smallest absolute Gasteiger partial charge is 0.000718 e. The molecule has 0 heteroatoms. The summed E-state index contributed by atoms with van der Waals surface area (Å²) in [6, 6.07) is 23.2. The van der Waals surface area contributed by atoms with Gasteiger partial charge in [-0.05, 0) is 88.4 Å². The molecule has 3 aliphatic rings. The highest BCUT2D eigenvalue weighted by Crippen LogP contribution is 2.51. The molecule has 0 spiro atoms. The number of hydrogen-bond donors (Lipinski definition) is 0. The minimum absolute atomic E-state index is 0.745. The SMILES string of the molecule is c1ccc(-c2c3c(cc(C4CCCCC4)c2C2CCCCC2)-c2ccccc2C3)cc1. The summed E-state index contributed by atoms with van der Waals surface area (Å²) in [5.74, 6) is 1.50. The Balaban J connectivity index is 1.63. The van der Waals surface area contributed by atoms with Crippen LogP contribution in [-0.4, -0.2) is 0 Å². The Morgan fingerprint density at radius 3 is 1.97 bits per heavy atom. The lowest BCUT2D eigenvalue weighted by Gasteiger charge is -2.33. The number of hydrogen-bond acceptors (Lipinski definition) is 0. The molecular weight excluding hydrogens is 372 g/mol. The van der Waals surface area contributed by atoms with E-state index in [0.29, 0.717) is 0 Å². The second-order valence-electron chi connectivity index (χ2n) is 10.2. The van der Waals surface area contributed by atoms with Gasteiger partial charge >= 0.3 is 0 Å². The van der Waals surface area contributed by atoms with E-state index in [1.165, 1.54) is 86.5 Å². The summed E-state index contributed by atoms with van der Waals surface area (Å²) in [5.41, 5.74) is 12.7. The molecule has 0 radical (unpaired) electrons. The molecule has 158 valence electrons. The van der Waals surface area contributed by atoms with E-state index in [9.17, 15) is 0 Å². The summed E-state index contributed by atoms with van der Waals surface area (Å²) in [6.45, 7) is 0. The highest BCUT2D eigenvalue weighted by molar-refractivity contribution is 5.88. The third-order valence-electron chi connectivity index (χ3n) is 8.30. The van der Waals surface area contributed by atoms with Crippen molar-refractivity contribution in [2.45, 2.75) is 82.5 Å². The predicted octanol–water partition coefficient (Wildman–Crippen LogP) is 9.02. The average Bonchev–Trinajstić information content (AvgIpc) is 3.23. The Morgan fingerprint density at radius 2 is 1.23 bits per heavy atom. The van der Waals surface area contributed by atoms with Gasteiger partial charge in [-0.1, -0.05) is 99.2 Å². The van der Waals surface area contributed by atoms with Gasteiger partial charge in [0.15, 0.2) is 0 Å². The normalized spacial score (nSPS) is 19.2. The van der Waals surface area contributed by atoms with Crippen LogP contribution in [0.2, 0.25) is 0 Å².